The van der Waals surface area contributed by atoms with E-state index in [0.717, 1.165) is 44.2 Å². The van der Waals surface area contributed by atoms with Crippen LogP contribution >= 0.6 is 11.3 Å². The van der Waals surface area contributed by atoms with Crippen molar-refractivity contribution < 1.29 is 9.66 Å². The molecule has 1 fully saturated rings. The summed E-state index contributed by atoms with van der Waals surface area (Å²) >= 11 is 1.04. The highest BCUT2D eigenvalue weighted by atomic mass is 32.1. The molecule has 2 heterocycles. The minimum Gasteiger partial charge on any atom is -0.379 e. The highest BCUT2D eigenvalue weighted by Gasteiger charge is 2.17. The van der Waals surface area contributed by atoms with Gasteiger partial charge in [0.15, 0.2) is 0 Å². The molecule has 108 valence electrons. The van der Waals surface area contributed by atoms with Gasteiger partial charge in [0.25, 0.3) is 0 Å². The smallest absolute Gasteiger partial charge is 0.324 e. The summed E-state index contributed by atoms with van der Waals surface area (Å²) in [5, 5.41) is 23.0. The van der Waals surface area contributed by atoms with Crippen molar-refractivity contribution in [1.82, 2.24) is 10.2 Å². The predicted octanol–water partition coefficient (Wildman–Crippen LogP) is 1.14. The van der Waals surface area contributed by atoms with Crippen LogP contribution in [0.3, 0.4) is 0 Å². The van der Waals surface area contributed by atoms with Gasteiger partial charge in [-0.3, -0.25) is 20.3 Å². The van der Waals surface area contributed by atoms with E-state index in [9.17, 15) is 10.1 Å². The number of hydrogen-bond acceptors (Lipinski definition) is 7. The standard InChI is InChI=1S/C12H16N4O3S/c13-9-10(11-1-2-12(20-11)16(17)18)14-3-4-15-5-7-19-8-6-15/h1-2,10,14H,3-8H2. The van der Waals surface area contributed by atoms with Crippen molar-refractivity contribution in [2.24, 2.45) is 0 Å². The summed E-state index contributed by atoms with van der Waals surface area (Å²) in [6.45, 7) is 4.82. The van der Waals surface area contributed by atoms with Crippen LogP contribution in [0.15, 0.2) is 12.1 Å². The average Bonchev–Trinajstić information content (AvgIpc) is 2.94. The molecule has 0 saturated carbocycles. The van der Waals surface area contributed by atoms with Crippen LogP contribution in [-0.2, 0) is 4.74 Å². The first-order valence-corrected chi connectivity index (χ1v) is 7.19. The maximum absolute atomic E-state index is 10.6. The molecule has 20 heavy (non-hydrogen) atoms. The zero-order valence-electron chi connectivity index (χ0n) is 10.9. The third-order valence-electron chi connectivity index (χ3n) is 3.09. The summed E-state index contributed by atoms with van der Waals surface area (Å²) in [7, 11) is 0. The Hall–Kier alpha value is -1.53. The molecule has 0 aromatic carbocycles. The van der Waals surface area contributed by atoms with Crippen molar-refractivity contribution >= 4 is 16.3 Å². The summed E-state index contributed by atoms with van der Waals surface area (Å²) in [6, 6.07) is 4.73. The van der Waals surface area contributed by atoms with E-state index in [1.807, 2.05) is 0 Å². The van der Waals surface area contributed by atoms with Gasteiger partial charge < -0.3 is 4.74 Å². The molecule has 7 nitrogen and oxygen atoms in total. The summed E-state index contributed by atoms with van der Waals surface area (Å²) in [6.07, 6.45) is 0. The topological polar surface area (TPSA) is 91.4 Å². The van der Waals surface area contributed by atoms with E-state index in [-0.39, 0.29) is 5.00 Å². The van der Waals surface area contributed by atoms with Gasteiger partial charge >= 0.3 is 5.00 Å². The van der Waals surface area contributed by atoms with Crippen LogP contribution in [0.1, 0.15) is 10.9 Å². The van der Waals surface area contributed by atoms with Crippen molar-refractivity contribution in [1.29, 1.82) is 5.26 Å². The van der Waals surface area contributed by atoms with Gasteiger partial charge in [0.1, 0.15) is 6.04 Å². The lowest BCUT2D eigenvalue weighted by Crippen LogP contribution is -2.40. The lowest BCUT2D eigenvalue weighted by molar-refractivity contribution is -0.380. The lowest BCUT2D eigenvalue weighted by Gasteiger charge is -2.26. The molecule has 0 aliphatic carbocycles. The van der Waals surface area contributed by atoms with Crippen LogP contribution in [0, 0.1) is 21.4 Å². The summed E-state index contributed by atoms with van der Waals surface area (Å²) < 4.78 is 5.27. The molecule has 1 aromatic rings. The number of nitrogens with one attached hydrogen (secondary N) is 1. The Bertz CT molecular complexity index is 493. The number of nitro groups is 1. The van der Waals surface area contributed by atoms with Crippen LogP contribution in [-0.4, -0.2) is 49.2 Å². The largest absolute Gasteiger partial charge is 0.379 e. The first kappa shape index (κ1) is 14.9. The van der Waals surface area contributed by atoms with Crippen molar-refractivity contribution in [3.05, 3.63) is 27.1 Å². The number of rotatable bonds is 6. The van der Waals surface area contributed by atoms with Crippen LogP contribution in [0.5, 0.6) is 0 Å². The molecule has 1 atom stereocenters. The zero-order valence-corrected chi connectivity index (χ0v) is 11.8. The second kappa shape index (κ2) is 7.31. The van der Waals surface area contributed by atoms with E-state index < -0.39 is 11.0 Å². The molecule has 0 bridgehead atoms. The van der Waals surface area contributed by atoms with E-state index in [0.29, 0.717) is 11.4 Å². The highest BCUT2D eigenvalue weighted by molar-refractivity contribution is 7.15. The van der Waals surface area contributed by atoms with Gasteiger partial charge in [-0.05, 0) is 6.07 Å². The van der Waals surface area contributed by atoms with Crippen molar-refractivity contribution in [2.75, 3.05) is 39.4 Å². The molecule has 0 radical (unpaired) electrons. The maximum Gasteiger partial charge on any atom is 0.324 e. The van der Waals surface area contributed by atoms with E-state index in [4.69, 9.17) is 10.00 Å². The summed E-state index contributed by atoms with van der Waals surface area (Å²) in [4.78, 5) is 13.2. The molecule has 1 aliphatic rings. The summed E-state index contributed by atoms with van der Waals surface area (Å²) in [5.41, 5.74) is 0. The summed E-state index contributed by atoms with van der Waals surface area (Å²) in [5.74, 6) is 0. The Kier molecular flexibility index (Phi) is 5.43. The highest BCUT2D eigenvalue weighted by Crippen LogP contribution is 2.28. The zero-order chi connectivity index (χ0) is 14.4. The van der Waals surface area contributed by atoms with Gasteiger partial charge in [-0.1, -0.05) is 11.3 Å². The van der Waals surface area contributed by atoms with Gasteiger partial charge in [0.05, 0.1) is 24.2 Å². The van der Waals surface area contributed by atoms with Gasteiger partial charge in [0.2, 0.25) is 0 Å². The van der Waals surface area contributed by atoms with Gasteiger partial charge in [0, 0.05) is 37.1 Å². The molecule has 1 saturated heterocycles. The molecule has 1 aromatic heterocycles. The number of morpholine rings is 1. The Morgan fingerprint density at radius 2 is 2.30 bits per heavy atom. The number of thiophene rings is 1. The van der Waals surface area contributed by atoms with E-state index in [1.54, 1.807) is 6.07 Å². The second-order valence-corrected chi connectivity index (χ2v) is 5.50. The molecule has 1 unspecified atom stereocenters. The molecule has 1 N–H and O–H groups in total. The number of nitriles is 1. The van der Waals surface area contributed by atoms with Crippen LogP contribution < -0.4 is 5.32 Å². The maximum atomic E-state index is 10.6. The first-order chi connectivity index (χ1) is 9.70. The Morgan fingerprint density at radius 1 is 1.55 bits per heavy atom. The SMILES string of the molecule is N#CC(NCCN1CCOCC1)c1ccc([N+](=O)[O-])s1. The van der Waals surface area contributed by atoms with Gasteiger partial charge in [-0.25, -0.2) is 0 Å². The van der Waals surface area contributed by atoms with Gasteiger partial charge in [-0.2, -0.15) is 5.26 Å². The molecule has 8 heteroatoms. The predicted molar refractivity (Wildman–Crippen MR) is 74.6 cm³/mol. The van der Waals surface area contributed by atoms with Crippen LogP contribution in [0.2, 0.25) is 0 Å². The third-order valence-corrected chi connectivity index (χ3v) is 4.19. The molecule has 0 spiro atoms. The Balaban J connectivity index is 1.82. The normalized spacial score (nSPS) is 17.6. The monoisotopic (exact) mass is 296 g/mol. The van der Waals surface area contributed by atoms with Crippen molar-refractivity contribution in [2.45, 2.75) is 6.04 Å². The number of nitrogens with zero attached hydrogens (tertiary/aromatic N) is 3. The quantitative estimate of drug-likeness (QED) is 0.625. The first-order valence-electron chi connectivity index (χ1n) is 6.38. The third kappa shape index (κ3) is 3.98. The van der Waals surface area contributed by atoms with E-state index in [1.165, 1.54) is 6.07 Å². The Morgan fingerprint density at radius 3 is 2.90 bits per heavy atom. The second-order valence-electron chi connectivity index (χ2n) is 4.40. The Labute approximate surface area is 120 Å². The molecule has 1 aliphatic heterocycles. The minimum absolute atomic E-state index is 0.0650. The fourth-order valence-corrected chi connectivity index (χ4v) is 2.84. The van der Waals surface area contributed by atoms with E-state index >= 15 is 0 Å². The van der Waals surface area contributed by atoms with Gasteiger partial charge in [-0.15, -0.1) is 0 Å². The van der Waals surface area contributed by atoms with Crippen LogP contribution in [0.4, 0.5) is 5.00 Å². The molecular formula is C12H16N4O3S. The number of hydrogen-bond donors (Lipinski definition) is 1. The van der Waals surface area contributed by atoms with E-state index in [2.05, 4.69) is 16.3 Å². The fourth-order valence-electron chi connectivity index (χ4n) is 2.00. The minimum atomic E-state index is -0.491. The van der Waals surface area contributed by atoms with Crippen molar-refractivity contribution in [3.63, 3.8) is 0 Å². The fraction of sp³-hybridized carbons (Fsp3) is 0.583. The van der Waals surface area contributed by atoms with Crippen molar-refractivity contribution in [3.8, 4) is 6.07 Å². The van der Waals surface area contributed by atoms with Crippen LogP contribution in [0.25, 0.3) is 0 Å². The molecular weight excluding hydrogens is 280 g/mol. The molecule has 0 amide bonds. The number of ether oxygens (including phenoxy) is 1. The lowest BCUT2D eigenvalue weighted by atomic mass is 10.2. The molecule has 2 rings (SSSR count). The average molecular weight is 296 g/mol.